The van der Waals surface area contributed by atoms with E-state index in [0.717, 1.165) is 3.57 Å². The highest BCUT2D eigenvalue weighted by atomic mass is 127. The predicted molar refractivity (Wildman–Crippen MR) is 55.7 cm³/mol. The zero-order valence-corrected chi connectivity index (χ0v) is 9.36. The summed E-state index contributed by atoms with van der Waals surface area (Å²) in [6, 6.07) is 6.27. The van der Waals surface area contributed by atoms with Gasteiger partial charge in [0, 0.05) is 3.57 Å². The number of halogens is 1. The molecule has 72 valence electrons. The van der Waals surface area contributed by atoms with E-state index >= 15 is 0 Å². The first-order valence-corrected chi connectivity index (χ1v) is 5.89. The summed E-state index contributed by atoms with van der Waals surface area (Å²) in [5.41, 5.74) is -1.70. The van der Waals surface area contributed by atoms with Gasteiger partial charge in [-0.1, -0.05) is 12.1 Å². The van der Waals surface area contributed by atoms with Crippen molar-refractivity contribution in [2.45, 2.75) is 5.44 Å². The van der Waals surface area contributed by atoms with Crippen LogP contribution in [0.5, 0.6) is 0 Å². The molecule has 6 heteroatoms. The van der Waals surface area contributed by atoms with E-state index in [1.807, 2.05) is 22.6 Å². The average Bonchev–Trinajstić information content (AvgIpc) is 2.01. The van der Waals surface area contributed by atoms with E-state index in [-0.39, 0.29) is 5.56 Å². The van der Waals surface area contributed by atoms with Crippen LogP contribution < -0.4 is 0 Å². The fraction of sp³-hybridized carbons (Fsp3) is 0.143. The molecule has 0 spiro atoms. The fourth-order valence-electron chi connectivity index (χ4n) is 0.832. The minimum Gasteiger partial charge on any atom is -0.371 e. The van der Waals surface area contributed by atoms with E-state index < -0.39 is 15.6 Å². The van der Waals surface area contributed by atoms with Crippen LogP contribution in [0.2, 0.25) is 0 Å². The number of rotatable bonds is 2. The monoisotopic (exact) mass is 314 g/mol. The van der Waals surface area contributed by atoms with E-state index in [1.165, 1.54) is 12.1 Å². The lowest BCUT2D eigenvalue weighted by Crippen LogP contribution is -2.11. The fourth-order valence-corrected chi connectivity index (χ4v) is 1.89. The molecule has 0 aliphatic heterocycles. The van der Waals surface area contributed by atoms with Gasteiger partial charge >= 0.3 is 0 Å². The molecule has 0 heterocycles. The molecule has 4 nitrogen and oxygen atoms in total. The van der Waals surface area contributed by atoms with E-state index in [1.54, 1.807) is 12.1 Å². The lowest BCUT2D eigenvalue weighted by molar-refractivity contribution is 0.238. The van der Waals surface area contributed by atoms with E-state index in [2.05, 4.69) is 0 Å². The van der Waals surface area contributed by atoms with E-state index in [4.69, 9.17) is 9.66 Å². The van der Waals surface area contributed by atoms with Crippen LogP contribution in [0.3, 0.4) is 0 Å². The molecule has 1 aromatic carbocycles. The Kier molecular flexibility index (Phi) is 3.28. The summed E-state index contributed by atoms with van der Waals surface area (Å²) in [6.45, 7) is 0. The summed E-state index contributed by atoms with van der Waals surface area (Å²) in [7, 11) is -4.42. The maximum Gasteiger partial charge on any atom is 0.296 e. The van der Waals surface area contributed by atoms with Gasteiger partial charge in [-0.2, -0.15) is 8.42 Å². The average molecular weight is 314 g/mol. The van der Waals surface area contributed by atoms with Crippen LogP contribution in [0.1, 0.15) is 11.0 Å². The normalized spacial score (nSPS) is 14.1. The number of aliphatic hydroxyl groups excluding tert-OH is 1. The highest BCUT2D eigenvalue weighted by Crippen LogP contribution is 2.19. The lowest BCUT2D eigenvalue weighted by Gasteiger charge is -2.06. The Balaban J connectivity index is 3.10. The van der Waals surface area contributed by atoms with Crippen LogP contribution in [0, 0.1) is 3.57 Å². The molecule has 0 fully saturated rings. The largest absolute Gasteiger partial charge is 0.371 e. The zero-order chi connectivity index (χ0) is 10.1. The number of aliphatic hydroxyl groups is 1. The third-order valence-corrected chi connectivity index (χ3v) is 2.92. The molecule has 0 radical (unpaired) electrons. The van der Waals surface area contributed by atoms with Crippen molar-refractivity contribution in [3.05, 3.63) is 33.4 Å². The molecule has 0 aliphatic carbocycles. The maximum atomic E-state index is 10.5. The first kappa shape index (κ1) is 10.9. The molecule has 0 aromatic heterocycles. The van der Waals surface area contributed by atoms with Crippen LogP contribution >= 0.6 is 22.6 Å². The van der Waals surface area contributed by atoms with Crippen LogP contribution in [-0.2, 0) is 10.1 Å². The quantitative estimate of drug-likeness (QED) is 0.635. The molecule has 0 saturated carbocycles. The Morgan fingerprint density at radius 1 is 1.38 bits per heavy atom. The minimum atomic E-state index is -4.42. The van der Waals surface area contributed by atoms with Gasteiger partial charge in [0.15, 0.2) is 0 Å². The number of hydrogen-bond acceptors (Lipinski definition) is 3. The van der Waals surface area contributed by atoms with Gasteiger partial charge in [0.2, 0.25) is 5.44 Å². The standard InChI is InChI=1S/C7H7IO4S/c8-6-3-1-2-5(4-6)7(9)13(10,11)12/h1-4,7,9H,(H,10,11,12)/t7-/m1/s1. The van der Waals surface area contributed by atoms with Gasteiger partial charge in [0.05, 0.1) is 0 Å². The van der Waals surface area contributed by atoms with Crippen molar-refractivity contribution in [3.8, 4) is 0 Å². The Morgan fingerprint density at radius 2 is 2.00 bits per heavy atom. The molecule has 0 bridgehead atoms. The molecule has 2 N–H and O–H groups in total. The first-order chi connectivity index (χ1) is 5.91. The molecule has 1 aromatic rings. The predicted octanol–water partition coefficient (Wildman–Crippen LogP) is 1.17. The van der Waals surface area contributed by atoms with Gasteiger partial charge in [0.25, 0.3) is 10.1 Å². The minimum absolute atomic E-state index is 0.161. The lowest BCUT2D eigenvalue weighted by atomic mass is 10.2. The van der Waals surface area contributed by atoms with Crippen molar-refractivity contribution in [2.75, 3.05) is 0 Å². The second-order valence-electron chi connectivity index (χ2n) is 2.42. The summed E-state index contributed by atoms with van der Waals surface area (Å²) >= 11 is 1.98. The molecule has 0 aliphatic rings. The SMILES string of the molecule is O=S(=O)(O)[C@@H](O)c1cccc(I)c1. The summed E-state index contributed by atoms with van der Waals surface area (Å²) in [4.78, 5) is 0. The second kappa shape index (κ2) is 3.91. The van der Waals surface area contributed by atoms with Gasteiger partial charge in [-0.25, -0.2) is 0 Å². The van der Waals surface area contributed by atoms with E-state index in [0.29, 0.717) is 0 Å². The second-order valence-corrected chi connectivity index (χ2v) is 5.14. The summed E-state index contributed by atoms with van der Waals surface area (Å²) in [5.74, 6) is 0. The van der Waals surface area contributed by atoms with Gasteiger partial charge in [-0.05, 0) is 40.3 Å². The third kappa shape index (κ3) is 2.90. The molecule has 13 heavy (non-hydrogen) atoms. The molecule has 0 saturated heterocycles. The highest BCUT2D eigenvalue weighted by Gasteiger charge is 2.21. The van der Waals surface area contributed by atoms with Crippen LogP contribution in [0.4, 0.5) is 0 Å². The van der Waals surface area contributed by atoms with Crippen LogP contribution in [-0.4, -0.2) is 18.1 Å². The Hall–Kier alpha value is -0.180. The van der Waals surface area contributed by atoms with Gasteiger partial charge in [-0.15, -0.1) is 0 Å². The van der Waals surface area contributed by atoms with Crippen molar-refractivity contribution in [2.24, 2.45) is 0 Å². The third-order valence-electron chi connectivity index (χ3n) is 1.42. The van der Waals surface area contributed by atoms with Crippen LogP contribution in [0.15, 0.2) is 24.3 Å². The first-order valence-electron chi connectivity index (χ1n) is 3.31. The van der Waals surface area contributed by atoms with Gasteiger partial charge < -0.3 is 5.11 Å². The number of hydrogen-bond donors (Lipinski definition) is 2. The zero-order valence-electron chi connectivity index (χ0n) is 6.38. The summed E-state index contributed by atoms with van der Waals surface area (Å²) in [5, 5.41) is 9.14. The summed E-state index contributed by atoms with van der Waals surface area (Å²) < 4.78 is 30.4. The van der Waals surface area contributed by atoms with Crippen molar-refractivity contribution < 1.29 is 18.1 Å². The molecule has 0 amide bonds. The molecule has 0 unspecified atom stereocenters. The summed E-state index contributed by atoms with van der Waals surface area (Å²) in [6.07, 6.45) is 0. The van der Waals surface area contributed by atoms with E-state index in [9.17, 15) is 8.42 Å². The molecule has 1 rings (SSSR count). The van der Waals surface area contributed by atoms with Crippen molar-refractivity contribution in [1.82, 2.24) is 0 Å². The van der Waals surface area contributed by atoms with Crippen LogP contribution in [0.25, 0.3) is 0 Å². The van der Waals surface area contributed by atoms with Crippen molar-refractivity contribution in [3.63, 3.8) is 0 Å². The highest BCUT2D eigenvalue weighted by molar-refractivity contribution is 14.1. The molecular weight excluding hydrogens is 307 g/mol. The molecule has 1 atom stereocenters. The van der Waals surface area contributed by atoms with Gasteiger partial charge in [0.1, 0.15) is 0 Å². The maximum absolute atomic E-state index is 10.5. The Bertz CT molecular complexity index is 401. The van der Waals surface area contributed by atoms with Gasteiger partial charge in [-0.3, -0.25) is 4.55 Å². The number of benzene rings is 1. The Labute approximate surface area is 89.5 Å². The van der Waals surface area contributed by atoms with Crippen molar-refractivity contribution in [1.29, 1.82) is 0 Å². The van der Waals surface area contributed by atoms with Crippen molar-refractivity contribution >= 4 is 32.7 Å². The Morgan fingerprint density at radius 3 is 2.46 bits per heavy atom. The molecular formula is C7H7IO4S. The topological polar surface area (TPSA) is 74.6 Å². The smallest absolute Gasteiger partial charge is 0.296 e.